The molecule has 4 fully saturated rings. The average molecular weight is 419 g/mol. The smallest absolute Gasteiger partial charge is 0.330 e. The lowest BCUT2D eigenvalue weighted by Crippen LogP contribution is -2.61. The Morgan fingerprint density at radius 2 is 1.73 bits per heavy atom. The highest BCUT2D eigenvalue weighted by Crippen LogP contribution is 2.65. The third-order valence-corrected chi connectivity index (χ3v) is 9.54. The topological polar surface area (TPSA) is 84.5 Å². The number of ether oxygens (including phenoxy) is 1. The fraction of sp³-hybridized carbons (Fsp3) is 0.875. The maximum Gasteiger partial charge on any atom is 0.330 e. The largest absolute Gasteiger partial charge is 0.467 e. The van der Waals surface area contributed by atoms with Crippen molar-refractivity contribution in [2.45, 2.75) is 90.6 Å². The maximum atomic E-state index is 13.3. The van der Waals surface area contributed by atoms with Crippen LogP contribution in [0.2, 0.25) is 0 Å². The molecule has 0 bridgehead atoms. The number of carbonyl (C=O) groups is 3. The number of hydrogen-bond acceptors (Lipinski definition) is 4. The number of hydrogen-bond donors (Lipinski definition) is 2. The second-order valence-corrected chi connectivity index (χ2v) is 11.4. The molecule has 4 aliphatic rings. The number of piperidine rings is 1. The van der Waals surface area contributed by atoms with Gasteiger partial charge in [-0.15, -0.1) is 0 Å². The molecule has 1 heterocycles. The van der Waals surface area contributed by atoms with Gasteiger partial charge in [-0.05, 0) is 87.4 Å². The molecule has 2 unspecified atom stereocenters. The van der Waals surface area contributed by atoms with Gasteiger partial charge in [0.1, 0.15) is 5.54 Å². The molecule has 0 aromatic rings. The Labute approximate surface area is 180 Å². The molecule has 4 rings (SSSR count). The molecule has 6 heteroatoms. The standard InChI is InChI=1S/C24H38N2O4/c1-22(2,21(29)30-5)26-20(28)17-8-7-15-14-6-9-18-24(4,13-11-19(27)25-18)16(14)10-12-23(15,17)3/h14-18H,6-13H2,1-5H3,(H,25,27)(H,26,28)/t14-,15-,16+,17?,18?,23-,24+/m0/s1. The van der Waals surface area contributed by atoms with Gasteiger partial charge in [0, 0.05) is 18.4 Å². The lowest BCUT2D eigenvalue weighted by atomic mass is 9.47. The minimum Gasteiger partial charge on any atom is -0.467 e. The van der Waals surface area contributed by atoms with Crippen molar-refractivity contribution in [1.29, 1.82) is 0 Å². The molecule has 30 heavy (non-hydrogen) atoms. The summed E-state index contributed by atoms with van der Waals surface area (Å²) >= 11 is 0. The van der Waals surface area contributed by atoms with Gasteiger partial charge in [0.15, 0.2) is 0 Å². The van der Waals surface area contributed by atoms with Gasteiger partial charge >= 0.3 is 5.97 Å². The molecule has 6 nitrogen and oxygen atoms in total. The van der Waals surface area contributed by atoms with Gasteiger partial charge in [-0.2, -0.15) is 0 Å². The minimum absolute atomic E-state index is 0.00122. The fourth-order valence-electron chi connectivity index (χ4n) is 7.83. The Bertz CT molecular complexity index is 749. The number of rotatable bonds is 3. The van der Waals surface area contributed by atoms with Crippen LogP contribution in [0.25, 0.3) is 0 Å². The van der Waals surface area contributed by atoms with E-state index in [1.165, 1.54) is 7.11 Å². The van der Waals surface area contributed by atoms with Crippen molar-refractivity contribution in [2.75, 3.05) is 7.11 Å². The molecule has 7 atom stereocenters. The summed E-state index contributed by atoms with van der Waals surface area (Å²) in [6, 6.07) is 0.311. The highest BCUT2D eigenvalue weighted by atomic mass is 16.5. The average Bonchev–Trinajstić information content (AvgIpc) is 3.04. The van der Waals surface area contributed by atoms with E-state index in [0.717, 1.165) is 44.9 Å². The summed E-state index contributed by atoms with van der Waals surface area (Å²) in [7, 11) is 1.36. The van der Waals surface area contributed by atoms with Crippen LogP contribution in [0.15, 0.2) is 0 Å². The number of esters is 1. The van der Waals surface area contributed by atoms with E-state index in [-0.39, 0.29) is 28.6 Å². The highest BCUT2D eigenvalue weighted by molar-refractivity contribution is 5.88. The zero-order valence-corrected chi connectivity index (χ0v) is 19.2. The molecule has 0 spiro atoms. The van der Waals surface area contributed by atoms with Gasteiger partial charge in [-0.25, -0.2) is 4.79 Å². The Morgan fingerprint density at radius 3 is 2.43 bits per heavy atom. The molecule has 1 saturated heterocycles. The molecule has 0 aromatic carbocycles. The van der Waals surface area contributed by atoms with Gasteiger partial charge in [0.2, 0.25) is 11.8 Å². The highest BCUT2D eigenvalue weighted by Gasteiger charge is 2.61. The number of methoxy groups -OCH3 is 1. The number of nitrogens with one attached hydrogen (secondary N) is 2. The minimum atomic E-state index is -1.01. The lowest BCUT2D eigenvalue weighted by molar-refractivity contribution is -0.151. The second kappa shape index (κ2) is 7.23. The molecule has 1 aliphatic heterocycles. The SMILES string of the molecule is COC(=O)C(C)(C)NC(=O)C1CC[C@H]2[C@@H]3CCC4NC(=O)CC[C@]4(C)[C@@H]3CC[C@]12C. The summed E-state index contributed by atoms with van der Waals surface area (Å²) in [5.41, 5.74) is -0.840. The van der Waals surface area contributed by atoms with Crippen LogP contribution in [0.5, 0.6) is 0 Å². The van der Waals surface area contributed by atoms with E-state index in [1.54, 1.807) is 13.8 Å². The maximum absolute atomic E-state index is 13.3. The summed E-state index contributed by atoms with van der Waals surface area (Å²) in [5, 5.41) is 6.26. The van der Waals surface area contributed by atoms with Crippen molar-refractivity contribution in [1.82, 2.24) is 10.6 Å². The third kappa shape index (κ3) is 3.16. The summed E-state index contributed by atoms with van der Waals surface area (Å²) in [4.78, 5) is 37.3. The van der Waals surface area contributed by atoms with E-state index in [9.17, 15) is 14.4 Å². The Hall–Kier alpha value is -1.59. The Balaban J connectivity index is 1.52. The first-order valence-electron chi connectivity index (χ1n) is 11.7. The molecule has 3 aliphatic carbocycles. The van der Waals surface area contributed by atoms with Crippen LogP contribution in [0.4, 0.5) is 0 Å². The Kier molecular flexibility index (Phi) is 5.22. The van der Waals surface area contributed by atoms with Crippen molar-refractivity contribution in [3.05, 3.63) is 0 Å². The van der Waals surface area contributed by atoms with Crippen LogP contribution in [0.3, 0.4) is 0 Å². The third-order valence-electron chi connectivity index (χ3n) is 9.54. The zero-order chi connectivity index (χ0) is 21.9. The number of fused-ring (bicyclic) bond motifs is 5. The summed E-state index contributed by atoms with van der Waals surface area (Å²) in [6.45, 7) is 8.13. The van der Waals surface area contributed by atoms with Crippen LogP contribution in [-0.4, -0.2) is 36.5 Å². The van der Waals surface area contributed by atoms with Crippen LogP contribution < -0.4 is 10.6 Å². The quantitative estimate of drug-likeness (QED) is 0.690. The first kappa shape index (κ1) is 21.6. The molecule has 3 saturated carbocycles. The second-order valence-electron chi connectivity index (χ2n) is 11.4. The number of amides is 2. The summed E-state index contributed by atoms with van der Waals surface area (Å²) in [6.07, 6.45) is 8.00. The fourth-order valence-corrected chi connectivity index (χ4v) is 7.83. The summed E-state index contributed by atoms with van der Waals surface area (Å²) < 4.78 is 4.87. The van der Waals surface area contributed by atoms with E-state index < -0.39 is 11.5 Å². The van der Waals surface area contributed by atoms with Crippen molar-refractivity contribution in [3.63, 3.8) is 0 Å². The normalized spacial score (nSPS) is 43.0. The van der Waals surface area contributed by atoms with E-state index >= 15 is 0 Å². The predicted molar refractivity (Wildman–Crippen MR) is 113 cm³/mol. The van der Waals surface area contributed by atoms with Crippen molar-refractivity contribution < 1.29 is 19.1 Å². The van der Waals surface area contributed by atoms with Crippen molar-refractivity contribution in [2.24, 2.45) is 34.5 Å². The first-order valence-corrected chi connectivity index (χ1v) is 11.7. The first-order chi connectivity index (χ1) is 14.0. The van der Waals surface area contributed by atoms with Crippen LogP contribution in [0, 0.1) is 34.5 Å². The van der Waals surface area contributed by atoms with Crippen LogP contribution >= 0.6 is 0 Å². The molecular formula is C24H38N2O4. The van der Waals surface area contributed by atoms with Gasteiger partial charge < -0.3 is 15.4 Å². The zero-order valence-electron chi connectivity index (χ0n) is 19.2. The van der Waals surface area contributed by atoms with E-state index in [2.05, 4.69) is 24.5 Å². The van der Waals surface area contributed by atoms with Crippen molar-refractivity contribution >= 4 is 17.8 Å². The predicted octanol–water partition coefficient (Wildman–Crippen LogP) is 3.19. The van der Waals surface area contributed by atoms with Gasteiger partial charge in [-0.1, -0.05) is 13.8 Å². The monoisotopic (exact) mass is 418 g/mol. The molecule has 0 aromatic heterocycles. The molecule has 2 amide bonds. The summed E-state index contributed by atoms with van der Waals surface area (Å²) in [5.74, 6) is 1.55. The van der Waals surface area contributed by atoms with Crippen molar-refractivity contribution in [3.8, 4) is 0 Å². The number of carbonyl (C=O) groups excluding carboxylic acids is 3. The molecular weight excluding hydrogens is 380 g/mol. The van der Waals surface area contributed by atoms with E-state index in [1.807, 2.05) is 0 Å². The van der Waals surface area contributed by atoms with Crippen LogP contribution in [0.1, 0.15) is 79.1 Å². The van der Waals surface area contributed by atoms with Gasteiger partial charge in [0.25, 0.3) is 0 Å². The Morgan fingerprint density at radius 1 is 1.03 bits per heavy atom. The molecule has 0 radical (unpaired) electrons. The molecule has 168 valence electrons. The lowest BCUT2D eigenvalue weighted by Gasteiger charge is -2.60. The van der Waals surface area contributed by atoms with E-state index in [0.29, 0.717) is 30.2 Å². The van der Waals surface area contributed by atoms with E-state index in [4.69, 9.17) is 4.74 Å². The molecule has 2 N–H and O–H groups in total. The van der Waals surface area contributed by atoms with Gasteiger partial charge in [0.05, 0.1) is 7.11 Å². The van der Waals surface area contributed by atoms with Gasteiger partial charge in [-0.3, -0.25) is 9.59 Å². The van der Waals surface area contributed by atoms with Crippen LogP contribution in [-0.2, 0) is 19.1 Å².